The van der Waals surface area contributed by atoms with Crippen LogP contribution in [0, 0.1) is 5.41 Å². The number of likely N-dealkylation sites (N-methyl/N-ethyl adjacent to an activating group) is 1. The maximum absolute atomic E-state index is 14.2. The van der Waals surface area contributed by atoms with Crippen LogP contribution in [0.5, 0.6) is 5.75 Å². The molecular weight excluding hydrogens is 475 g/mol. The molecular formula is C26H27F3N3O4+. The summed E-state index contributed by atoms with van der Waals surface area (Å²) < 4.78 is 55.2. The molecule has 1 fully saturated rings. The molecule has 3 heterocycles. The standard InChI is InChI=1S/C26H27F3N3O4/c1-25(11-6-12-34-16-25)24(33)32(2)14-19-10-9-18(22-30-23(36-31-22)26(27,28)29)13-21(19)35-15-20(32)17-7-4-3-5-8-17/h3-5,7-10,13,20H,6,11-12,14-16H2,1-2H3/q+1/t20?,25-,32?/m0/s1. The van der Waals surface area contributed by atoms with Crippen LogP contribution in [0.2, 0.25) is 0 Å². The molecule has 2 aromatic carbocycles. The monoisotopic (exact) mass is 502 g/mol. The van der Waals surface area contributed by atoms with Gasteiger partial charge in [0.05, 0.1) is 13.7 Å². The number of nitrogens with zero attached hydrogens (tertiary/aromatic N) is 3. The van der Waals surface area contributed by atoms with Crippen LogP contribution in [0.15, 0.2) is 53.1 Å². The minimum absolute atomic E-state index is 0.0737. The summed E-state index contributed by atoms with van der Waals surface area (Å²) >= 11 is 0. The molecule has 0 spiro atoms. The Kier molecular flexibility index (Phi) is 6.12. The van der Waals surface area contributed by atoms with E-state index in [1.165, 1.54) is 0 Å². The third-order valence-corrected chi connectivity index (χ3v) is 7.18. The number of aromatic nitrogens is 2. The SMILES string of the molecule is C[C@]1(C(=O)[N+]2(C)Cc3ccc(-c4noc(C(F)(F)F)n4)cc3OCC2c2ccccc2)CCCOC1. The highest BCUT2D eigenvalue weighted by Gasteiger charge is 2.52. The first-order valence-electron chi connectivity index (χ1n) is 11.8. The van der Waals surface area contributed by atoms with Gasteiger partial charge in [0.25, 0.3) is 0 Å². The van der Waals surface area contributed by atoms with E-state index in [0.29, 0.717) is 31.1 Å². The number of hydrogen-bond donors (Lipinski definition) is 0. The van der Waals surface area contributed by atoms with Gasteiger partial charge in [-0.2, -0.15) is 18.2 Å². The molecule has 7 nitrogen and oxygen atoms in total. The number of halogens is 3. The van der Waals surface area contributed by atoms with Crippen LogP contribution in [-0.2, 0) is 22.3 Å². The molecule has 36 heavy (non-hydrogen) atoms. The van der Waals surface area contributed by atoms with E-state index >= 15 is 0 Å². The first kappa shape index (κ1) is 24.5. The smallest absolute Gasteiger partial charge is 0.471 e. The van der Waals surface area contributed by atoms with E-state index in [0.717, 1.165) is 24.0 Å². The normalized spacial score (nSPS) is 26.5. The van der Waals surface area contributed by atoms with Crippen molar-refractivity contribution in [1.29, 1.82) is 0 Å². The van der Waals surface area contributed by atoms with E-state index in [2.05, 4.69) is 14.7 Å². The number of alkyl halides is 3. The van der Waals surface area contributed by atoms with E-state index in [1.807, 2.05) is 44.3 Å². The van der Waals surface area contributed by atoms with Gasteiger partial charge >= 0.3 is 18.0 Å². The van der Waals surface area contributed by atoms with Crippen molar-refractivity contribution in [2.75, 3.05) is 26.9 Å². The van der Waals surface area contributed by atoms with Crippen LogP contribution < -0.4 is 4.74 Å². The molecule has 10 heteroatoms. The zero-order chi connectivity index (χ0) is 25.6. The molecule has 5 rings (SSSR count). The van der Waals surface area contributed by atoms with Gasteiger partial charge in [0.15, 0.2) is 6.04 Å². The molecule has 3 atom stereocenters. The molecule has 2 aliphatic heterocycles. The number of rotatable bonds is 3. The van der Waals surface area contributed by atoms with Crippen LogP contribution >= 0.6 is 0 Å². The molecule has 0 saturated carbocycles. The Morgan fingerprint density at radius 3 is 2.61 bits per heavy atom. The summed E-state index contributed by atoms with van der Waals surface area (Å²) in [7, 11) is 1.93. The number of ether oxygens (including phenoxy) is 2. The van der Waals surface area contributed by atoms with E-state index in [9.17, 15) is 18.0 Å². The van der Waals surface area contributed by atoms with Crippen molar-refractivity contribution in [1.82, 2.24) is 10.1 Å². The van der Waals surface area contributed by atoms with Gasteiger partial charge in [0.1, 0.15) is 24.3 Å². The highest BCUT2D eigenvalue weighted by molar-refractivity contribution is 5.76. The number of carbonyl (C=O) groups is 1. The van der Waals surface area contributed by atoms with Gasteiger partial charge in [0, 0.05) is 23.3 Å². The van der Waals surface area contributed by atoms with Crippen molar-refractivity contribution in [3.63, 3.8) is 0 Å². The summed E-state index contributed by atoms with van der Waals surface area (Å²) in [6.07, 6.45) is -3.17. The predicted octanol–water partition coefficient (Wildman–Crippen LogP) is 5.18. The molecule has 1 saturated heterocycles. The maximum Gasteiger partial charge on any atom is 0.471 e. The molecule has 2 unspecified atom stereocenters. The number of quaternary nitrogens is 1. The van der Waals surface area contributed by atoms with Crippen molar-refractivity contribution >= 4 is 5.91 Å². The average Bonchev–Trinajstić information content (AvgIpc) is 3.31. The van der Waals surface area contributed by atoms with E-state index in [1.54, 1.807) is 18.2 Å². The van der Waals surface area contributed by atoms with Gasteiger partial charge in [0.2, 0.25) is 5.82 Å². The second-order valence-corrected chi connectivity index (χ2v) is 9.93. The summed E-state index contributed by atoms with van der Waals surface area (Å²) in [6, 6.07) is 14.4. The molecule has 0 bridgehead atoms. The van der Waals surface area contributed by atoms with Crippen LogP contribution in [-0.4, -0.2) is 47.4 Å². The third-order valence-electron chi connectivity index (χ3n) is 7.18. The van der Waals surface area contributed by atoms with E-state index in [-0.39, 0.29) is 28.9 Å². The lowest BCUT2D eigenvalue weighted by Gasteiger charge is -2.43. The average molecular weight is 503 g/mol. The first-order chi connectivity index (χ1) is 17.1. The highest BCUT2D eigenvalue weighted by Crippen LogP contribution is 2.43. The number of benzene rings is 2. The fourth-order valence-electron chi connectivity index (χ4n) is 5.24. The van der Waals surface area contributed by atoms with Gasteiger partial charge in [-0.3, -0.25) is 0 Å². The summed E-state index contributed by atoms with van der Waals surface area (Å²) in [5.41, 5.74) is 1.44. The Bertz CT molecular complexity index is 1250. The fraction of sp³-hybridized carbons (Fsp3) is 0.423. The van der Waals surface area contributed by atoms with Crippen molar-refractivity contribution in [2.24, 2.45) is 5.41 Å². The fourth-order valence-corrected chi connectivity index (χ4v) is 5.24. The van der Waals surface area contributed by atoms with Crippen molar-refractivity contribution in [3.05, 3.63) is 65.5 Å². The number of amides is 1. The van der Waals surface area contributed by atoms with E-state index < -0.39 is 17.5 Å². The van der Waals surface area contributed by atoms with Crippen molar-refractivity contribution < 1.29 is 36.4 Å². The second kappa shape index (κ2) is 9.01. The molecule has 0 aliphatic carbocycles. The second-order valence-electron chi connectivity index (χ2n) is 9.93. The predicted molar refractivity (Wildman–Crippen MR) is 122 cm³/mol. The van der Waals surface area contributed by atoms with Gasteiger partial charge in [-0.15, -0.1) is 0 Å². The van der Waals surface area contributed by atoms with Gasteiger partial charge in [-0.05, 0) is 31.9 Å². The van der Waals surface area contributed by atoms with Gasteiger partial charge < -0.3 is 14.0 Å². The van der Waals surface area contributed by atoms with Gasteiger partial charge in [-0.1, -0.05) is 41.6 Å². The summed E-state index contributed by atoms with van der Waals surface area (Å²) in [6.45, 7) is 3.54. The molecule has 0 N–H and O–H groups in total. The molecule has 0 radical (unpaired) electrons. The number of carbonyl (C=O) groups excluding carboxylic acids is 1. The zero-order valence-corrected chi connectivity index (χ0v) is 20.0. The van der Waals surface area contributed by atoms with Crippen LogP contribution in [0.4, 0.5) is 13.2 Å². The summed E-state index contributed by atoms with van der Waals surface area (Å²) in [4.78, 5) is 17.7. The lowest BCUT2D eigenvalue weighted by molar-refractivity contribution is -0.882. The third kappa shape index (κ3) is 4.39. The topological polar surface area (TPSA) is 74.5 Å². The maximum atomic E-state index is 14.2. The Morgan fingerprint density at radius 1 is 1.17 bits per heavy atom. The number of fused-ring (bicyclic) bond motifs is 1. The van der Waals surface area contributed by atoms with Crippen LogP contribution in [0.1, 0.15) is 42.8 Å². The van der Waals surface area contributed by atoms with Crippen LogP contribution in [0.3, 0.4) is 0 Å². The minimum Gasteiger partial charge on any atom is -0.486 e. The molecule has 190 valence electrons. The quantitative estimate of drug-likeness (QED) is 0.460. The molecule has 2 aliphatic rings. The van der Waals surface area contributed by atoms with Gasteiger partial charge in [-0.25, -0.2) is 9.28 Å². The molecule has 3 aromatic rings. The van der Waals surface area contributed by atoms with Crippen molar-refractivity contribution in [2.45, 2.75) is 38.5 Å². The lowest BCUT2D eigenvalue weighted by atomic mass is 9.81. The summed E-state index contributed by atoms with van der Waals surface area (Å²) in [5, 5.41) is 3.48. The molecule has 1 aromatic heterocycles. The van der Waals surface area contributed by atoms with E-state index in [4.69, 9.17) is 9.47 Å². The number of hydrogen-bond acceptors (Lipinski definition) is 6. The van der Waals surface area contributed by atoms with Crippen LogP contribution in [0.25, 0.3) is 11.4 Å². The highest BCUT2D eigenvalue weighted by atomic mass is 19.4. The summed E-state index contributed by atoms with van der Waals surface area (Å²) in [5.74, 6) is -1.04. The first-order valence-corrected chi connectivity index (χ1v) is 11.8. The Morgan fingerprint density at radius 2 is 1.94 bits per heavy atom. The molecule has 1 amide bonds. The van der Waals surface area contributed by atoms with Crippen molar-refractivity contribution in [3.8, 4) is 17.1 Å². The Labute approximate surface area is 206 Å². The zero-order valence-electron chi connectivity index (χ0n) is 20.0. The Balaban J connectivity index is 1.54. The Hall–Kier alpha value is -3.24. The minimum atomic E-state index is -4.73. The largest absolute Gasteiger partial charge is 0.486 e. The lowest BCUT2D eigenvalue weighted by Crippen LogP contribution is -2.59.